The summed E-state index contributed by atoms with van der Waals surface area (Å²) in [6.45, 7) is 9.04. The Kier molecular flexibility index (Phi) is 9.12. The van der Waals surface area contributed by atoms with Crippen LogP contribution >= 0.6 is 0 Å². The van der Waals surface area contributed by atoms with Gasteiger partial charge in [0.1, 0.15) is 22.7 Å². The van der Waals surface area contributed by atoms with E-state index in [1.165, 1.54) is 0 Å². The monoisotopic (exact) mass is 485 g/mol. The van der Waals surface area contributed by atoms with Crippen molar-refractivity contribution in [3.63, 3.8) is 0 Å². The third kappa shape index (κ3) is 6.32. The first kappa shape index (κ1) is 26.5. The van der Waals surface area contributed by atoms with E-state index in [1.807, 2.05) is 39.8 Å². The molecule has 2 fully saturated rings. The summed E-state index contributed by atoms with van der Waals surface area (Å²) in [5.74, 6) is 0.416. The average molecular weight is 486 g/mol. The zero-order valence-electron chi connectivity index (χ0n) is 21.4. The third-order valence-electron chi connectivity index (χ3n) is 6.61. The molecule has 0 spiro atoms. The summed E-state index contributed by atoms with van der Waals surface area (Å²) in [5.41, 5.74) is -0.201. The average Bonchev–Trinajstić information content (AvgIpc) is 3.54. The number of hydrogen-bond donors (Lipinski definition) is 2. The second-order valence-electron chi connectivity index (χ2n) is 9.56. The summed E-state index contributed by atoms with van der Waals surface area (Å²) in [5, 5.41) is 12.0. The standard InChI is InChI=1S/C21H33N5O3.C5H6O/c1-4-12-22-18(27)16-10-11-17-19(28)25(13-5-2)21(3,14-26(17)24-16)20(29)23-15-8-6-7-9-15;1-5-3-2-4-6-5/h11,15H,4-10,12-14H2,1-3H3,(H,22,27)(H,23,29);2-4H,1H3. The van der Waals surface area contributed by atoms with Gasteiger partial charge in [-0.25, -0.2) is 0 Å². The fraction of sp³-hybridized carbons (Fsp3) is 0.615. The van der Waals surface area contributed by atoms with Crippen LogP contribution in [0.1, 0.15) is 71.5 Å². The molecule has 3 heterocycles. The molecule has 3 amide bonds. The van der Waals surface area contributed by atoms with Crippen molar-refractivity contribution >= 4 is 23.4 Å². The summed E-state index contributed by atoms with van der Waals surface area (Å²) in [7, 11) is 0. The van der Waals surface area contributed by atoms with Gasteiger partial charge in [0.25, 0.3) is 11.8 Å². The van der Waals surface area contributed by atoms with Crippen LogP contribution in [-0.4, -0.2) is 64.6 Å². The molecule has 1 atom stereocenters. The van der Waals surface area contributed by atoms with Gasteiger partial charge in [-0.3, -0.25) is 19.4 Å². The largest absolute Gasteiger partial charge is 0.470 e. The van der Waals surface area contributed by atoms with Crippen molar-refractivity contribution < 1.29 is 18.8 Å². The van der Waals surface area contributed by atoms with E-state index >= 15 is 0 Å². The highest BCUT2D eigenvalue weighted by Crippen LogP contribution is 2.32. The number of piperazine rings is 1. The van der Waals surface area contributed by atoms with E-state index in [0.717, 1.165) is 44.3 Å². The highest BCUT2D eigenvalue weighted by molar-refractivity contribution is 6.39. The molecule has 1 aromatic rings. The number of rotatable bonds is 7. The first-order valence-electron chi connectivity index (χ1n) is 12.8. The first-order chi connectivity index (χ1) is 16.8. The molecule has 4 rings (SSSR count). The number of furan rings is 1. The van der Waals surface area contributed by atoms with Gasteiger partial charge in [-0.1, -0.05) is 26.7 Å². The number of amides is 3. The van der Waals surface area contributed by atoms with Gasteiger partial charge in [-0.15, -0.1) is 0 Å². The van der Waals surface area contributed by atoms with E-state index in [1.54, 1.807) is 22.2 Å². The van der Waals surface area contributed by atoms with Crippen LogP contribution in [0.25, 0.3) is 0 Å². The van der Waals surface area contributed by atoms with Gasteiger partial charge in [0.15, 0.2) is 0 Å². The van der Waals surface area contributed by atoms with Crippen LogP contribution in [0.3, 0.4) is 0 Å². The number of carbonyl (C=O) groups excluding carboxylic acids is 3. The number of hydrazone groups is 1. The Morgan fingerprint density at radius 3 is 2.54 bits per heavy atom. The second kappa shape index (κ2) is 12.0. The molecule has 2 aliphatic heterocycles. The maximum absolute atomic E-state index is 13.3. The number of hydrogen-bond acceptors (Lipinski definition) is 6. The van der Waals surface area contributed by atoms with Gasteiger partial charge in [-0.05, 0) is 57.7 Å². The van der Waals surface area contributed by atoms with Crippen LogP contribution in [-0.2, 0) is 14.4 Å². The van der Waals surface area contributed by atoms with Crippen molar-refractivity contribution in [2.75, 3.05) is 19.6 Å². The molecular weight excluding hydrogens is 446 g/mol. The fourth-order valence-corrected chi connectivity index (χ4v) is 4.61. The maximum Gasteiger partial charge on any atom is 0.272 e. The number of nitrogens with one attached hydrogen (secondary N) is 2. The SMILES string of the molecule is CCCNC(=O)C1=NN2CC(C)(C(=O)NC3CCCC3)N(CCC)C(=O)C2=CC1.Cc1ccco1. The smallest absolute Gasteiger partial charge is 0.272 e. The van der Waals surface area contributed by atoms with Gasteiger partial charge in [-0.2, -0.15) is 5.10 Å². The minimum atomic E-state index is -1.03. The number of aryl methyl sites for hydroxylation is 1. The van der Waals surface area contributed by atoms with Crippen LogP contribution < -0.4 is 10.6 Å². The van der Waals surface area contributed by atoms with Crippen LogP contribution in [0, 0.1) is 6.92 Å². The molecule has 1 saturated carbocycles. The van der Waals surface area contributed by atoms with E-state index < -0.39 is 5.54 Å². The molecule has 35 heavy (non-hydrogen) atoms. The first-order valence-corrected chi connectivity index (χ1v) is 12.8. The van der Waals surface area contributed by atoms with Crippen molar-refractivity contribution in [1.29, 1.82) is 0 Å². The number of fused-ring (bicyclic) bond motifs is 1. The molecule has 9 heteroatoms. The molecule has 1 saturated heterocycles. The van der Waals surface area contributed by atoms with Crippen molar-refractivity contribution in [2.24, 2.45) is 5.10 Å². The lowest BCUT2D eigenvalue weighted by molar-refractivity contribution is -0.151. The molecule has 0 bridgehead atoms. The summed E-state index contributed by atoms with van der Waals surface area (Å²) in [6, 6.07) is 3.96. The van der Waals surface area contributed by atoms with Crippen molar-refractivity contribution in [3.8, 4) is 0 Å². The topological polar surface area (TPSA) is 107 Å². The predicted octanol–water partition coefficient (Wildman–Crippen LogP) is 3.12. The summed E-state index contributed by atoms with van der Waals surface area (Å²) in [4.78, 5) is 40.5. The Morgan fingerprint density at radius 2 is 1.97 bits per heavy atom. The van der Waals surface area contributed by atoms with Gasteiger partial charge in [0, 0.05) is 25.6 Å². The molecule has 1 unspecified atom stereocenters. The zero-order valence-corrected chi connectivity index (χ0v) is 21.4. The van der Waals surface area contributed by atoms with Crippen molar-refractivity contribution in [2.45, 2.75) is 84.2 Å². The minimum absolute atomic E-state index is 0.136. The molecule has 3 aliphatic rings. The molecule has 0 radical (unpaired) electrons. The summed E-state index contributed by atoms with van der Waals surface area (Å²) in [6.07, 6.45) is 9.56. The van der Waals surface area contributed by atoms with Crippen LogP contribution in [0.15, 0.2) is 39.7 Å². The third-order valence-corrected chi connectivity index (χ3v) is 6.61. The Bertz CT molecular complexity index is 949. The Balaban J connectivity index is 0.000000497. The highest BCUT2D eigenvalue weighted by atomic mass is 16.3. The molecule has 2 N–H and O–H groups in total. The molecule has 192 valence electrons. The number of allylic oxidation sites excluding steroid dienone is 1. The van der Waals surface area contributed by atoms with Crippen molar-refractivity contribution in [1.82, 2.24) is 20.5 Å². The lowest BCUT2D eigenvalue weighted by Gasteiger charge is -2.48. The number of carbonyl (C=O) groups is 3. The molecule has 9 nitrogen and oxygen atoms in total. The fourth-order valence-electron chi connectivity index (χ4n) is 4.61. The van der Waals surface area contributed by atoms with Gasteiger partial charge < -0.3 is 20.0 Å². The van der Waals surface area contributed by atoms with Crippen molar-refractivity contribution in [3.05, 3.63) is 35.9 Å². The van der Waals surface area contributed by atoms with Crippen LogP contribution in [0.5, 0.6) is 0 Å². The maximum atomic E-state index is 13.3. The van der Waals surface area contributed by atoms with E-state index in [2.05, 4.69) is 15.7 Å². The van der Waals surface area contributed by atoms with Gasteiger partial charge in [0.2, 0.25) is 5.91 Å². The normalized spacial score (nSPS) is 22.0. The summed E-state index contributed by atoms with van der Waals surface area (Å²) >= 11 is 0. The van der Waals surface area contributed by atoms with Gasteiger partial charge >= 0.3 is 0 Å². The highest BCUT2D eigenvalue weighted by Gasteiger charge is 2.50. The zero-order chi connectivity index (χ0) is 25.4. The second-order valence-corrected chi connectivity index (χ2v) is 9.56. The summed E-state index contributed by atoms with van der Waals surface area (Å²) < 4.78 is 4.83. The quantitative estimate of drug-likeness (QED) is 0.617. The molecule has 1 aliphatic carbocycles. The predicted molar refractivity (Wildman–Crippen MR) is 134 cm³/mol. The lowest BCUT2D eigenvalue weighted by Crippen LogP contribution is -2.68. The van der Waals surface area contributed by atoms with E-state index in [0.29, 0.717) is 30.9 Å². The van der Waals surface area contributed by atoms with E-state index in [-0.39, 0.29) is 30.3 Å². The molecule has 1 aromatic heterocycles. The number of nitrogens with zero attached hydrogens (tertiary/aromatic N) is 3. The van der Waals surface area contributed by atoms with Crippen LogP contribution in [0.2, 0.25) is 0 Å². The van der Waals surface area contributed by atoms with Gasteiger partial charge in [0.05, 0.1) is 12.8 Å². The Labute approximate surface area is 208 Å². The lowest BCUT2D eigenvalue weighted by atomic mass is 9.92. The van der Waals surface area contributed by atoms with E-state index in [9.17, 15) is 14.4 Å². The Morgan fingerprint density at radius 1 is 1.23 bits per heavy atom. The van der Waals surface area contributed by atoms with Crippen LogP contribution in [0.4, 0.5) is 0 Å². The Hall–Kier alpha value is -3.10. The van der Waals surface area contributed by atoms with E-state index in [4.69, 9.17) is 4.42 Å². The molecule has 0 aromatic carbocycles. The molecular formula is C26H39N5O4. The minimum Gasteiger partial charge on any atom is -0.470 e.